The normalized spacial score (nSPS) is 12.9. The Hall–Kier alpha value is -4.02. The van der Waals surface area contributed by atoms with Crippen LogP contribution in [0.3, 0.4) is 0 Å². The van der Waals surface area contributed by atoms with Gasteiger partial charge >= 0.3 is 25.5 Å². The van der Waals surface area contributed by atoms with Gasteiger partial charge in [-0.1, -0.05) is 24.3 Å². The van der Waals surface area contributed by atoms with Gasteiger partial charge in [-0.25, -0.2) is 9.36 Å². The highest BCUT2D eigenvalue weighted by Crippen LogP contribution is 2.49. The second-order valence-corrected chi connectivity index (χ2v) is 10.2. The molecule has 2 atom stereocenters. The number of amides is 1. The Morgan fingerprint density at radius 2 is 1.72 bits per heavy atom. The van der Waals surface area contributed by atoms with E-state index in [4.69, 9.17) is 23.6 Å². The molecule has 0 radical (unpaired) electrons. The van der Waals surface area contributed by atoms with Crippen molar-refractivity contribution >= 4 is 37.2 Å². The van der Waals surface area contributed by atoms with E-state index < -0.39 is 43.3 Å². The predicted octanol–water partition coefficient (Wildman–Crippen LogP) is 3.63. The molecule has 0 aliphatic heterocycles. The summed E-state index contributed by atoms with van der Waals surface area (Å²) >= 11 is 0. The smallest absolute Gasteiger partial charge is 0.381 e. The van der Waals surface area contributed by atoms with Gasteiger partial charge in [-0.05, 0) is 38.1 Å². The number of carbonyl (C=O) groups is 5. The Balaban J connectivity index is 2.18. The molecule has 0 saturated carbocycles. The summed E-state index contributed by atoms with van der Waals surface area (Å²) in [6, 6.07) is 11.9. The number of rotatable bonds is 15. The lowest BCUT2D eigenvalue weighted by Crippen LogP contribution is -2.29. The van der Waals surface area contributed by atoms with E-state index in [1.165, 1.54) is 25.1 Å². The van der Waals surface area contributed by atoms with Gasteiger partial charge < -0.3 is 24.4 Å². The molecule has 13 heteroatoms. The summed E-state index contributed by atoms with van der Waals surface area (Å²) in [5.74, 6) is -3.84. The van der Waals surface area contributed by atoms with Crippen LogP contribution in [0.4, 0.5) is 0 Å². The Morgan fingerprint density at radius 1 is 1.03 bits per heavy atom. The largest absolute Gasteiger partial charge is 0.481 e. The van der Waals surface area contributed by atoms with Crippen LogP contribution in [0, 0.1) is 0 Å². The number of carboxylic acids is 1. The maximum absolute atomic E-state index is 13.5. The summed E-state index contributed by atoms with van der Waals surface area (Å²) in [4.78, 5) is 59.5. The number of hydrogen-bond donors (Lipinski definition) is 2. The van der Waals surface area contributed by atoms with Crippen LogP contribution in [0.1, 0.15) is 54.3 Å². The highest BCUT2D eigenvalue weighted by molar-refractivity contribution is 7.54. The molecule has 2 N–H and O–H groups in total. The van der Waals surface area contributed by atoms with Crippen molar-refractivity contribution in [1.29, 1.82) is 0 Å². The molecule has 1 unspecified atom stereocenters. The molecule has 12 nitrogen and oxygen atoms in total. The molecule has 0 aliphatic rings. The second-order valence-electron chi connectivity index (χ2n) is 8.12. The number of Topliss-reactive ketones (excluding diaryl/α,β-unsaturated/α-hetero) is 1. The van der Waals surface area contributed by atoms with Crippen LogP contribution in [-0.2, 0) is 28.2 Å². The predicted molar refractivity (Wildman–Crippen MR) is 138 cm³/mol. The van der Waals surface area contributed by atoms with Crippen molar-refractivity contribution in [3.05, 3.63) is 59.7 Å². The average molecular weight is 563 g/mol. The zero-order valence-electron chi connectivity index (χ0n) is 21.7. The summed E-state index contributed by atoms with van der Waals surface area (Å²) in [5.41, 5.74) is -0.0363. The molecule has 0 saturated heterocycles. The van der Waals surface area contributed by atoms with Gasteiger partial charge in [0.15, 0.2) is 11.9 Å². The molecule has 210 valence electrons. The summed E-state index contributed by atoms with van der Waals surface area (Å²) in [7, 11) is -3.99. The van der Waals surface area contributed by atoms with E-state index in [2.05, 4.69) is 5.32 Å². The molecule has 2 aromatic rings. The van der Waals surface area contributed by atoms with Crippen molar-refractivity contribution in [2.75, 3.05) is 19.3 Å². The third-order valence-electron chi connectivity index (χ3n) is 4.96. The minimum absolute atomic E-state index is 0.0613. The van der Waals surface area contributed by atoms with Crippen LogP contribution < -0.4 is 14.6 Å². The highest BCUT2D eigenvalue weighted by Gasteiger charge is 2.32. The van der Waals surface area contributed by atoms with Gasteiger partial charge in [0.25, 0.3) is 5.91 Å². The van der Waals surface area contributed by atoms with E-state index in [0.29, 0.717) is 0 Å². The number of esters is 2. The number of hydrogen-bond acceptors (Lipinski definition) is 10. The second kappa shape index (κ2) is 14.8. The van der Waals surface area contributed by atoms with Gasteiger partial charge in [0.05, 0.1) is 24.8 Å². The van der Waals surface area contributed by atoms with Gasteiger partial charge in [-0.2, -0.15) is 0 Å². The van der Waals surface area contributed by atoms with Crippen molar-refractivity contribution in [3.8, 4) is 11.5 Å². The molecule has 0 bridgehead atoms. The maximum atomic E-state index is 13.5. The minimum Gasteiger partial charge on any atom is -0.481 e. The molecular formula is C26H30NO11P. The van der Waals surface area contributed by atoms with Gasteiger partial charge in [-0.3, -0.25) is 23.7 Å². The summed E-state index contributed by atoms with van der Waals surface area (Å²) in [6.07, 6.45) is -2.20. The fourth-order valence-corrected chi connectivity index (χ4v) is 4.83. The number of para-hydroxylation sites is 1. The zero-order chi connectivity index (χ0) is 29.0. The lowest BCUT2D eigenvalue weighted by molar-refractivity contribution is -0.150. The number of ether oxygens (including phenoxy) is 2. The van der Waals surface area contributed by atoms with Crippen molar-refractivity contribution in [2.45, 2.75) is 39.7 Å². The molecule has 0 spiro atoms. The third kappa shape index (κ3) is 10.3. The molecule has 39 heavy (non-hydrogen) atoms. The molecule has 0 aliphatic carbocycles. The SMILES string of the molecule is CCOC(=O)[C@@H](C)OP(=O)(CCNC(=O)c1ccc(C(=O)CCC(=O)O)cc1OC(C)=O)Oc1ccccc1. The van der Waals surface area contributed by atoms with Gasteiger partial charge in [0.1, 0.15) is 11.5 Å². The van der Waals surface area contributed by atoms with E-state index >= 15 is 0 Å². The summed E-state index contributed by atoms with van der Waals surface area (Å²) < 4.78 is 34.5. The van der Waals surface area contributed by atoms with Crippen LogP contribution in [0.15, 0.2) is 48.5 Å². The molecule has 1 amide bonds. The molecule has 2 aromatic carbocycles. The van der Waals surface area contributed by atoms with Crippen molar-refractivity contribution in [3.63, 3.8) is 0 Å². The number of aliphatic carboxylic acids is 1. The first-order chi connectivity index (χ1) is 18.4. The first kappa shape index (κ1) is 31.2. The third-order valence-corrected chi connectivity index (χ3v) is 6.86. The fraction of sp³-hybridized carbons (Fsp3) is 0.346. The van der Waals surface area contributed by atoms with Crippen molar-refractivity contribution < 1.29 is 52.2 Å². The van der Waals surface area contributed by atoms with Crippen LogP contribution in [0.2, 0.25) is 0 Å². The lowest BCUT2D eigenvalue weighted by Gasteiger charge is -2.22. The zero-order valence-corrected chi connectivity index (χ0v) is 22.6. The van der Waals surface area contributed by atoms with E-state index in [1.54, 1.807) is 37.3 Å². The van der Waals surface area contributed by atoms with Gasteiger partial charge in [-0.15, -0.1) is 0 Å². The van der Waals surface area contributed by atoms with Gasteiger partial charge in [0, 0.05) is 25.5 Å². The van der Waals surface area contributed by atoms with E-state index in [9.17, 15) is 28.5 Å². The Kier molecular flexibility index (Phi) is 11.8. The number of nitrogens with one attached hydrogen (secondary N) is 1. The van der Waals surface area contributed by atoms with E-state index in [0.717, 1.165) is 6.92 Å². The number of ketones is 1. The number of carboxylic acid groups (broad SMARTS) is 1. The molecule has 0 aromatic heterocycles. The van der Waals surface area contributed by atoms with Crippen LogP contribution in [-0.4, -0.2) is 60.1 Å². The quantitative estimate of drug-likeness (QED) is 0.140. The summed E-state index contributed by atoms with van der Waals surface area (Å²) in [5, 5.41) is 11.3. The average Bonchev–Trinajstić information content (AvgIpc) is 2.87. The Labute approximate surface area is 225 Å². The minimum atomic E-state index is -3.99. The van der Waals surface area contributed by atoms with Crippen molar-refractivity contribution in [1.82, 2.24) is 5.32 Å². The van der Waals surface area contributed by atoms with Crippen molar-refractivity contribution in [2.24, 2.45) is 0 Å². The first-order valence-electron chi connectivity index (χ1n) is 12.0. The van der Waals surface area contributed by atoms with Gasteiger partial charge in [0.2, 0.25) is 0 Å². The molecular weight excluding hydrogens is 533 g/mol. The number of benzene rings is 2. The lowest BCUT2D eigenvalue weighted by atomic mass is 10.0. The van der Waals surface area contributed by atoms with E-state index in [1.807, 2.05) is 0 Å². The Morgan fingerprint density at radius 3 is 2.33 bits per heavy atom. The van der Waals surface area contributed by atoms with Crippen LogP contribution in [0.25, 0.3) is 0 Å². The molecule has 0 heterocycles. The maximum Gasteiger partial charge on any atom is 0.381 e. The number of carbonyl (C=O) groups excluding carboxylic acids is 4. The van der Waals surface area contributed by atoms with Crippen LogP contribution >= 0.6 is 7.60 Å². The standard InChI is InChI=1S/C26H30NO11P/c1-4-35-26(33)17(2)37-39(34,38-20-8-6-5-7-9-20)15-14-27-25(32)21-11-10-19(16-23(21)36-18(3)28)22(29)12-13-24(30)31/h5-11,16-17H,4,12-15H2,1-3H3,(H,27,32)(H,30,31)/t17-,39?/m1/s1. The molecule has 0 fully saturated rings. The summed E-state index contributed by atoms with van der Waals surface area (Å²) in [6.45, 7) is 3.96. The topological polar surface area (TPSA) is 172 Å². The fourth-order valence-electron chi connectivity index (χ4n) is 3.19. The first-order valence-corrected chi connectivity index (χ1v) is 13.7. The monoisotopic (exact) mass is 563 g/mol. The Bertz CT molecular complexity index is 1250. The molecule has 2 rings (SSSR count). The van der Waals surface area contributed by atoms with Crippen LogP contribution in [0.5, 0.6) is 11.5 Å². The van der Waals surface area contributed by atoms with E-state index in [-0.39, 0.29) is 54.8 Å². The highest BCUT2D eigenvalue weighted by atomic mass is 31.2.